The predicted octanol–water partition coefficient (Wildman–Crippen LogP) is 2.91. The Morgan fingerprint density at radius 3 is 2.87 bits per heavy atom. The molecule has 1 rings (SSSR count). The van der Waals surface area contributed by atoms with E-state index in [1.807, 2.05) is 18.2 Å². The van der Waals surface area contributed by atoms with E-state index < -0.39 is 0 Å². The van der Waals surface area contributed by atoms with Crippen LogP contribution in [-0.2, 0) is 6.42 Å². The van der Waals surface area contributed by atoms with E-state index in [1.165, 1.54) is 5.56 Å². The average molecular weight is 270 g/mol. The molecule has 0 aliphatic rings. The molecule has 0 bridgehead atoms. The summed E-state index contributed by atoms with van der Waals surface area (Å²) in [5.74, 6) is 0.889. The fraction of sp³-hybridized carbons (Fsp3) is 0.333. The third kappa shape index (κ3) is 4.06. The van der Waals surface area contributed by atoms with Gasteiger partial charge in [0.05, 0.1) is 7.11 Å². The first-order chi connectivity index (χ1) is 7.27. The molecule has 0 heterocycles. The van der Waals surface area contributed by atoms with Gasteiger partial charge in [0.1, 0.15) is 5.75 Å². The predicted molar refractivity (Wildman–Crippen MR) is 67.2 cm³/mol. The van der Waals surface area contributed by atoms with E-state index in [0.29, 0.717) is 6.54 Å². The number of rotatable bonds is 5. The van der Waals surface area contributed by atoms with Gasteiger partial charge in [-0.1, -0.05) is 28.1 Å². The maximum atomic E-state index is 5.40. The van der Waals surface area contributed by atoms with Crippen LogP contribution < -0.4 is 10.5 Å². The second-order valence-corrected chi connectivity index (χ2v) is 4.06. The van der Waals surface area contributed by atoms with Crippen molar-refractivity contribution in [2.24, 2.45) is 5.73 Å². The molecule has 0 aliphatic heterocycles. The highest BCUT2D eigenvalue weighted by Crippen LogP contribution is 2.23. The maximum Gasteiger partial charge on any atom is 0.119 e. The van der Waals surface area contributed by atoms with Gasteiger partial charge in [0, 0.05) is 4.47 Å². The Bertz CT molecular complexity index is 336. The Morgan fingerprint density at radius 2 is 2.20 bits per heavy atom. The number of hydrogen-bond acceptors (Lipinski definition) is 2. The minimum absolute atomic E-state index is 0.704. The lowest BCUT2D eigenvalue weighted by Crippen LogP contribution is -1.95. The Morgan fingerprint density at radius 1 is 1.40 bits per heavy atom. The zero-order valence-corrected chi connectivity index (χ0v) is 10.5. The zero-order chi connectivity index (χ0) is 11.1. The summed E-state index contributed by atoms with van der Waals surface area (Å²) in [7, 11) is 1.68. The molecule has 2 nitrogen and oxygen atoms in total. The van der Waals surface area contributed by atoms with Crippen molar-refractivity contribution in [2.75, 3.05) is 13.7 Å². The number of methoxy groups -OCH3 is 1. The quantitative estimate of drug-likeness (QED) is 0.835. The molecular formula is C12H16BrNO. The van der Waals surface area contributed by atoms with Crippen LogP contribution in [-0.4, -0.2) is 13.7 Å². The van der Waals surface area contributed by atoms with Crippen LogP contribution in [0.25, 0.3) is 0 Å². The van der Waals surface area contributed by atoms with Gasteiger partial charge < -0.3 is 10.5 Å². The molecule has 2 N–H and O–H groups in total. The van der Waals surface area contributed by atoms with Crippen LogP contribution in [0.1, 0.15) is 12.0 Å². The van der Waals surface area contributed by atoms with Crippen molar-refractivity contribution >= 4 is 15.9 Å². The van der Waals surface area contributed by atoms with Gasteiger partial charge in [-0.05, 0) is 43.1 Å². The van der Waals surface area contributed by atoms with Crippen molar-refractivity contribution in [3.8, 4) is 5.75 Å². The van der Waals surface area contributed by atoms with Crippen LogP contribution in [0.15, 0.2) is 34.8 Å². The molecule has 0 spiro atoms. The summed E-state index contributed by atoms with van der Waals surface area (Å²) in [5.41, 5.74) is 6.63. The summed E-state index contributed by atoms with van der Waals surface area (Å²) in [6.07, 6.45) is 6.07. The molecule has 0 amide bonds. The summed E-state index contributed by atoms with van der Waals surface area (Å²) >= 11 is 3.51. The third-order valence-corrected chi connectivity index (χ3v) is 2.86. The summed E-state index contributed by atoms with van der Waals surface area (Å²) in [6, 6.07) is 5.99. The highest BCUT2D eigenvalue weighted by molar-refractivity contribution is 9.10. The highest BCUT2D eigenvalue weighted by atomic mass is 79.9. The van der Waals surface area contributed by atoms with Gasteiger partial charge in [-0.3, -0.25) is 0 Å². The van der Waals surface area contributed by atoms with Gasteiger partial charge in [-0.2, -0.15) is 0 Å². The number of benzene rings is 1. The topological polar surface area (TPSA) is 35.2 Å². The molecular weight excluding hydrogens is 254 g/mol. The lowest BCUT2D eigenvalue weighted by atomic mass is 10.1. The van der Waals surface area contributed by atoms with Crippen molar-refractivity contribution in [3.63, 3.8) is 0 Å². The summed E-state index contributed by atoms with van der Waals surface area (Å²) in [5, 5.41) is 0. The second-order valence-electron chi connectivity index (χ2n) is 3.21. The number of hydrogen-bond donors (Lipinski definition) is 1. The van der Waals surface area contributed by atoms with Crippen LogP contribution in [0.4, 0.5) is 0 Å². The third-order valence-electron chi connectivity index (χ3n) is 2.09. The number of halogens is 1. The van der Waals surface area contributed by atoms with E-state index in [9.17, 15) is 0 Å². The van der Waals surface area contributed by atoms with Gasteiger partial charge in [0.15, 0.2) is 0 Å². The monoisotopic (exact) mass is 269 g/mol. The molecule has 0 aromatic heterocycles. The Labute approximate surface area is 99.3 Å². The molecule has 1 aromatic carbocycles. The SMILES string of the molecule is COc1ccc(Br)c(CC=CCCN)c1. The lowest BCUT2D eigenvalue weighted by molar-refractivity contribution is 0.414. The van der Waals surface area contributed by atoms with Gasteiger partial charge in [0.2, 0.25) is 0 Å². The number of nitrogens with two attached hydrogens (primary N) is 1. The fourth-order valence-corrected chi connectivity index (χ4v) is 1.67. The normalized spacial score (nSPS) is 10.9. The van der Waals surface area contributed by atoms with Crippen LogP contribution >= 0.6 is 15.9 Å². The minimum atomic E-state index is 0.704. The number of ether oxygens (including phenoxy) is 1. The molecule has 0 fully saturated rings. The molecule has 82 valence electrons. The molecule has 15 heavy (non-hydrogen) atoms. The second kappa shape index (κ2) is 6.64. The molecule has 0 radical (unpaired) electrons. The van der Waals surface area contributed by atoms with E-state index in [2.05, 4.69) is 28.1 Å². The molecule has 0 atom stereocenters. The number of allylic oxidation sites excluding steroid dienone is 1. The van der Waals surface area contributed by atoms with Crippen molar-refractivity contribution in [1.82, 2.24) is 0 Å². The Hall–Kier alpha value is -0.800. The van der Waals surface area contributed by atoms with E-state index >= 15 is 0 Å². The maximum absolute atomic E-state index is 5.40. The summed E-state index contributed by atoms with van der Waals surface area (Å²) in [4.78, 5) is 0. The first-order valence-corrected chi connectivity index (χ1v) is 5.74. The molecule has 0 saturated heterocycles. The lowest BCUT2D eigenvalue weighted by Gasteiger charge is -2.04. The minimum Gasteiger partial charge on any atom is -0.497 e. The molecule has 0 unspecified atom stereocenters. The van der Waals surface area contributed by atoms with Gasteiger partial charge in [0.25, 0.3) is 0 Å². The molecule has 3 heteroatoms. The van der Waals surface area contributed by atoms with Gasteiger partial charge in [-0.25, -0.2) is 0 Å². The highest BCUT2D eigenvalue weighted by Gasteiger charge is 1.99. The average Bonchev–Trinajstić information content (AvgIpc) is 2.26. The smallest absolute Gasteiger partial charge is 0.119 e. The van der Waals surface area contributed by atoms with Crippen molar-refractivity contribution in [3.05, 3.63) is 40.4 Å². The molecule has 1 aromatic rings. The van der Waals surface area contributed by atoms with Gasteiger partial charge >= 0.3 is 0 Å². The van der Waals surface area contributed by atoms with Crippen molar-refractivity contribution in [1.29, 1.82) is 0 Å². The van der Waals surface area contributed by atoms with Crippen LogP contribution in [0.2, 0.25) is 0 Å². The summed E-state index contributed by atoms with van der Waals surface area (Å²) < 4.78 is 6.28. The fourth-order valence-electron chi connectivity index (χ4n) is 1.26. The Balaban J connectivity index is 2.66. The van der Waals surface area contributed by atoms with Crippen LogP contribution in [0, 0.1) is 0 Å². The van der Waals surface area contributed by atoms with Crippen LogP contribution in [0.5, 0.6) is 5.75 Å². The summed E-state index contributed by atoms with van der Waals surface area (Å²) in [6.45, 7) is 0.704. The first-order valence-electron chi connectivity index (χ1n) is 4.95. The van der Waals surface area contributed by atoms with Crippen LogP contribution in [0.3, 0.4) is 0 Å². The first kappa shape index (κ1) is 12.3. The van der Waals surface area contributed by atoms with E-state index in [0.717, 1.165) is 23.1 Å². The molecule has 0 saturated carbocycles. The van der Waals surface area contributed by atoms with E-state index in [-0.39, 0.29) is 0 Å². The van der Waals surface area contributed by atoms with Crippen molar-refractivity contribution < 1.29 is 4.74 Å². The standard InChI is InChI=1S/C12H16BrNO/c1-15-11-6-7-12(13)10(9-11)5-3-2-4-8-14/h2-3,6-7,9H,4-5,8,14H2,1H3. The Kier molecular flexibility index (Phi) is 5.43. The largest absolute Gasteiger partial charge is 0.497 e. The molecule has 0 aliphatic carbocycles. The van der Waals surface area contributed by atoms with E-state index in [1.54, 1.807) is 7.11 Å². The zero-order valence-electron chi connectivity index (χ0n) is 8.87. The van der Waals surface area contributed by atoms with E-state index in [4.69, 9.17) is 10.5 Å². The van der Waals surface area contributed by atoms with Crippen molar-refractivity contribution in [2.45, 2.75) is 12.8 Å². The van der Waals surface area contributed by atoms with Gasteiger partial charge in [-0.15, -0.1) is 0 Å².